The van der Waals surface area contributed by atoms with Crippen molar-refractivity contribution in [3.63, 3.8) is 0 Å². The maximum atomic E-state index is 14.9. The molecule has 4 unspecified atom stereocenters. The van der Waals surface area contributed by atoms with Gasteiger partial charge in [-0.05, 0) is 80.7 Å². The first-order valence-electron chi connectivity index (χ1n) is 34.1. The number of aromatic amines is 1. The summed E-state index contributed by atoms with van der Waals surface area (Å²) in [6, 6.07) is -8.34. The largest absolute Gasteiger partial charge is 0.481 e. The van der Waals surface area contributed by atoms with Gasteiger partial charge >= 0.3 is 11.9 Å². The van der Waals surface area contributed by atoms with Gasteiger partial charge in [-0.2, -0.15) is 0 Å². The molecule has 0 bridgehead atoms. The highest BCUT2D eigenvalue weighted by Gasteiger charge is 2.40. The molecule has 1 aromatic carbocycles. The molecule has 3 heterocycles. The molecule has 100 heavy (non-hydrogen) atoms. The van der Waals surface area contributed by atoms with E-state index in [1.54, 1.807) is 58.0 Å². The van der Waals surface area contributed by atoms with Gasteiger partial charge in [-0.3, -0.25) is 72.1 Å². The number of carboxylic acids is 2. The van der Waals surface area contributed by atoms with Gasteiger partial charge in [0.05, 0.1) is 30.3 Å². The summed E-state index contributed by atoms with van der Waals surface area (Å²) in [5, 5.41) is 49.1. The second-order valence-electron chi connectivity index (χ2n) is 26.0. The van der Waals surface area contributed by atoms with E-state index in [0.29, 0.717) is 16.3 Å². The van der Waals surface area contributed by atoms with Crippen LogP contribution in [0.15, 0.2) is 47.8 Å². The monoisotopic (exact) mass is 1420 g/mol. The summed E-state index contributed by atoms with van der Waals surface area (Å²) in [5.74, 6) is -15.4. The van der Waals surface area contributed by atoms with Crippen molar-refractivity contribution in [2.45, 2.75) is 224 Å². The van der Waals surface area contributed by atoms with Crippen LogP contribution in [0.3, 0.4) is 0 Å². The zero-order valence-electron chi connectivity index (χ0n) is 58.2. The van der Waals surface area contributed by atoms with Crippen LogP contribution in [0.4, 0.5) is 0 Å². The van der Waals surface area contributed by atoms with Gasteiger partial charge in [-0.25, -0.2) is 4.98 Å². The molecule has 2 aliphatic rings. The Labute approximate surface area is 586 Å². The minimum Gasteiger partial charge on any atom is -0.481 e. The number of benzene rings is 1. The van der Waals surface area contributed by atoms with E-state index in [2.05, 4.69) is 73.4 Å². The van der Waals surface area contributed by atoms with Crippen molar-refractivity contribution >= 4 is 99.6 Å². The lowest BCUT2D eigenvalue weighted by Gasteiger charge is -2.30. The van der Waals surface area contributed by atoms with Crippen LogP contribution in [-0.2, 0) is 80.0 Å². The van der Waals surface area contributed by atoms with E-state index >= 15 is 0 Å². The van der Waals surface area contributed by atoms with Crippen LogP contribution in [0.25, 0.3) is 0 Å². The molecule has 1 aromatic heterocycles. The average Bonchev–Trinajstić information content (AvgIpc) is 1.37. The van der Waals surface area contributed by atoms with Crippen molar-refractivity contribution in [2.24, 2.45) is 45.9 Å². The standard InChI is InChI=1S/C66H103N17O16S/c1-9-35(6)52(69)66-81-48(32-100-66)63(97)76-43(26-34(4)5)59(93)74-42(22-23-50(85)86)58(92)83-53(36(7)10-2)64(98)75-40-20-15-16-25-71-55(89)46(29-49(68)84)78-62(96)47(30-51(87)88)79-61(95)45(28-39-31-70-33-72-39)77-60(94)44(27-38-18-13-12-14-19-38)80-65(99)54(37(8)11-3)82-57(91)41(21-17-24-67)73-56(40)90/h12-14,18-19,31,33-37,40-48,52-54H,9-11,15-17,20-30,32,67,69H2,1-8H3,(H2,68,84)(H,70,72)(H,71,89)(H,73,90)(H,74,93)(H,75,98)(H,76,97)(H,77,94)(H,78,96)(H,79,95)(H,80,99)(H,82,91)(H,83,92)(H,85,86)(H,87,88)/t35?,36?,37-,40-,41+,42+,43-,44+,45-,46-,47+,48?,52?,53-,54-/m0/s1. The molecule has 0 aliphatic carbocycles. The first kappa shape index (κ1) is 83.4. The molecular formula is C66H103N17O16S. The summed E-state index contributed by atoms with van der Waals surface area (Å²) in [6.45, 7) is 14.1. The number of nitrogens with one attached hydrogen (secondary N) is 12. The second kappa shape index (κ2) is 42.1. The quantitative estimate of drug-likeness (QED) is 0.0401. The molecule has 15 atom stereocenters. The maximum absolute atomic E-state index is 14.9. The third kappa shape index (κ3) is 27.6. The number of amides is 12. The van der Waals surface area contributed by atoms with Crippen molar-refractivity contribution in [3.8, 4) is 0 Å². The Kier molecular flexibility index (Phi) is 35.1. The lowest BCUT2D eigenvalue weighted by atomic mass is 9.96. The van der Waals surface area contributed by atoms with Crippen molar-refractivity contribution in [2.75, 3.05) is 18.8 Å². The summed E-state index contributed by atoms with van der Waals surface area (Å²) in [5.41, 5.74) is 18.7. The van der Waals surface area contributed by atoms with E-state index in [4.69, 9.17) is 17.2 Å². The SMILES string of the molecule is CCC(C)C(N)C1=NC(C(=O)N[C@@H](CC(C)C)C(=O)N[C@H](CCC(=O)O)C(=O)N[C@H](C(=O)N[C@H]2CCCCNC(=O)[C@H](CC(N)=O)NC(=O)[C@@H](CC(=O)O)NC(=O)[C@H](Cc3cnc[nH]3)NC(=O)[C@@H](Cc3ccccc3)NC(=O)[C@H]([C@@H](C)CC)NC(=O)[C@@H](CCCN)NC2=O)C(C)CC)CS1. The third-order valence-corrected chi connectivity index (χ3v) is 18.6. The highest BCUT2D eigenvalue weighted by atomic mass is 32.2. The molecule has 34 heteroatoms. The highest BCUT2D eigenvalue weighted by Crippen LogP contribution is 2.25. The maximum Gasteiger partial charge on any atom is 0.305 e. The fourth-order valence-electron chi connectivity index (χ4n) is 10.9. The molecule has 554 valence electrons. The van der Waals surface area contributed by atoms with Crippen molar-refractivity contribution in [1.29, 1.82) is 0 Å². The molecule has 2 aliphatic heterocycles. The Bertz CT molecular complexity index is 3160. The summed E-state index contributed by atoms with van der Waals surface area (Å²) in [7, 11) is 0. The summed E-state index contributed by atoms with van der Waals surface area (Å²) >= 11 is 1.35. The molecule has 0 spiro atoms. The number of primary amides is 1. The second-order valence-corrected chi connectivity index (χ2v) is 27.0. The zero-order chi connectivity index (χ0) is 74.3. The van der Waals surface area contributed by atoms with Crippen LogP contribution in [0.1, 0.15) is 150 Å². The molecule has 20 N–H and O–H groups in total. The predicted octanol–water partition coefficient (Wildman–Crippen LogP) is -1.68. The van der Waals surface area contributed by atoms with Crippen LogP contribution in [0, 0.1) is 23.7 Å². The molecule has 12 amide bonds. The number of nitrogens with zero attached hydrogens (tertiary/aromatic N) is 2. The predicted molar refractivity (Wildman–Crippen MR) is 369 cm³/mol. The van der Waals surface area contributed by atoms with Crippen LogP contribution < -0.4 is 75.7 Å². The van der Waals surface area contributed by atoms with Gasteiger partial charge in [0.15, 0.2) is 0 Å². The van der Waals surface area contributed by atoms with E-state index < -0.39 is 193 Å². The van der Waals surface area contributed by atoms with Crippen LogP contribution >= 0.6 is 11.8 Å². The van der Waals surface area contributed by atoms with E-state index in [1.807, 2.05) is 27.7 Å². The minimum absolute atomic E-state index is 0.00117. The number of rotatable bonds is 31. The first-order chi connectivity index (χ1) is 47.4. The Morgan fingerprint density at radius 1 is 0.660 bits per heavy atom. The van der Waals surface area contributed by atoms with Crippen molar-refractivity contribution in [3.05, 3.63) is 54.1 Å². The first-order valence-corrected chi connectivity index (χ1v) is 35.1. The molecule has 1 saturated heterocycles. The summed E-state index contributed by atoms with van der Waals surface area (Å²) in [4.78, 5) is 207. The van der Waals surface area contributed by atoms with E-state index in [1.165, 1.54) is 24.3 Å². The number of carbonyl (C=O) groups is 14. The van der Waals surface area contributed by atoms with Gasteiger partial charge in [0.25, 0.3) is 0 Å². The molecule has 2 aromatic rings. The lowest BCUT2D eigenvalue weighted by Crippen LogP contribution is -2.62. The van der Waals surface area contributed by atoms with E-state index in [-0.39, 0.29) is 94.9 Å². The Hall–Kier alpha value is -9.05. The van der Waals surface area contributed by atoms with Crippen LogP contribution in [-0.4, -0.2) is 199 Å². The van der Waals surface area contributed by atoms with Crippen molar-refractivity contribution < 1.29 is 77.3 Å². The fraction of sp³-hybridized carbons (Fsp3) is 0.636. The number of carboxylic acid groups (broad SMARTS) is 2. The normalized spacial score (nSPS) is 23.1. The molecular weight excluding hydrogens is 1320 g/mol. The summed E-state index contributed by atoms with van der Waals surface area (Å²) < 4.78 is 0. The number of thioether (sulfide) groups is 1. The molecule has 33 nitrogen and oxygen atoms in total. The number of hydrogen-bond donors (Lipinski definition) is 17. The number of carbonyl (C=O) groups excluding carboxylic acids is 12. The zero-order valence-corrected chi connectivity index (χ0v) is 59.0. The Balaban J connectivity index is 1.77. The number of H-pyrrole nitrogens is 1. The van der Waals surface area contributed by atoms with E-state index in [0.717, 1.165) is 6.42 Å². The Morgan fingerprint density at radius 2 is 1.26 bits per heavy atom. The fourth-order valence-corrected chi connectivity index (χ4v) is 12.0. The topological polar surface area (TPSA) is 531 Å². The van der Waals surface area contributed by atoms with Gasteiger partial charge in [0.2, 0.25) is 70.9 Å². The smallest absolute Gasteiger partial charge is 0.305 e. The molecule has 1 fully saturated rings. The number of imidazole rings is 1. The Morgan fingerprint density at radius 3 is 1.85 bits per heavy atom. The molecule has 0 saturated carbocycles. The number of aliphatic carboxylic acids is 2. The number of aliphatic imine (C=N–C) groups is 1. The van der Waals surface area contributed by atoms with Gasteiger partial charge in [-0.1, -0.05) is 105 Å². The number of hydrogen-bond acceptors (Lipinski definition) is 19. The molecule has 0 radical (unpaired) electrons. The number of nitrogens with two attached hydrogens (primary N) is 3. The third-order valence-electron chi connectivity index (χ3n) is 17.5. The summed E-state index contributed by atoms with van der Waals surface area (Å²) in [6.07, 6.45) is 0.368. The number of aromatic nitrogens is 2. The van der Waals surface area contributed by atoms with Gasteiger partial charge in [0, 0.05) is 43.5 Å². The van der Waals surface area contributed by atoms with Crippen LogP contribution in [0.2, 0.25) is 0 Å². The van der Waals surface area contributed by atoms with Gasteiger partial charge in [-0.15, -0.1) is 11.8 Å². The highest BCUT2D eigenvalue weighted by molar-refractivity contribution is 8.14. The van der Waals surface area contributed by atoms with Crippen LogP contribution in [0.5, 0.6) is 0 Å². The van der Waals surface area contributed by atoms with Crippen molar-refractivity contribution in [1.82, 2.24) is 68.5 Å². The average molecular weight is 1420 g/mol. The minimum atomic E-state index is -1.94. The van der Waals surface area contributed by atoms with Gasteiger partial charge in [0.1, 0.15) is 66.5 Å². The van der Waals surface area contributed by atoms with E-state index in [9.17, 15) is 77.3 Å². The van der Waals surface area contributed by atoms with Gasteiger partial charge < -0.3 is 90.9 Å². The molecule has 4 rings (SSSR count). The lowest BCUT2D eigenvalue weighted by molar-refractivity contribution is -0.142.